The van der Waals surface area contributed by atoms with Crippen LogP contribution >= 0.6 is 0 Å². The lowest BCUT2D eigenvalue weighted by atomic mass is 10.3. The van der Waals surface area contributed by atoms with Crippen LogP contribution in [0.2, 0.25) is 0 Å². The third-order valence-electron chi connectivity index (χ3n) is 3.78. The van der Waals surface area contributed by atoms with Crippen LogP contribution in [0, 0.1) is 0 Å². The van der Waals surface area contributed by atoms with E-state index in [1.54, 1.807) is 48.9 Å². The Bertz CT molecular complexity index is 915. The molecule has 120 valence electrons. The molecule has 0 aliphatic carbocycles. The number of likely N-dealkylation sites (N-methyl/N-ethyl adjacent to an activating group) is 1. The summed E-state index contributed by atoms with van der Waals surface area (Å²) in [6, 6.07) is 10.4. The van der Waals surface area contributed by atoms with Gasteiger partial charge in [0.05, 0.1) is 15.3 Å². The van der Waals surface area contributed by atoms with Crippen LogP contribution in [0.25, 0.3) is 10.9 Å². The molecule has 2 heterocycles. The van der Waals surface area contributed by atoms with Crippen molar-refractivity contribution in [1.29, 1.82) is 0 Å². The Hall–Kier alpha value is -2.18. The van der Waals surface area contributed by atoms with Crippen molar-refractivity contribution in [2.75, 3.05) is 20.6 Å². The van der Waals surface area contributed by atoms with Crippen LogP contribution in [0.4, 0.5) is 0 Å². The molecule has 1 aromatic carbocycles. The third kappa shape index (κ3) is 3.00. The molecule has 3 aromatic rings. The van der Waals surface area contributed by atoms with Crippen molar-refractivity contribution in [3.8, 4) is 0 Å². The van der Waals surface area contributed by atoms with Crippen LogP contribution in [0.15, 0.2) is 64.8 Å². The van der Waals surface area contributed by atoms with Gasteiger partial charge in [0.25, 0.3) is 0 Å². The number of nitrogens with zero attached hydrogens (tertiary/aromatic N) is 3. The first-order valence-corrected chi connectivity index (χ1v) is 8.86. The fraction of sp³-hybridized carbons (Fsp3) is 0.235. The van der Waals surface area contributed by atoms with Gasteiger partial charge in [0.15, 0.2) is 0 Å². The number of aromatic nitrogens is 2. The van der Waals surface area contributed by atoms with Gasteiger partial charge in [-0.3, -0.25) is 4.98 Å². The molecule has 0 saturated heterocycles. The highest BCUT2D eigenvalue weighted by molar-refractivity contribution is 7.91. The summed E-state index contributed by atoms with van der Waals surface area (Å²) in [5.74, 6) is 0. The van der Waals surface area contributed by atoms with Crippen molar-refractivity contribution in [1.82, 2.24) is 14.5 Å². The third-order valence-corrected chi connectivity index (χ3v) is 5.57. The lowest BCUT2D eigenvalue weighted by Crippen LogP contribution is -2.18. The molecule has 6 heteroatoms. The average molecular weight is 329 g/mol. The molecular weight excluding hydrogens is 310 g/mol. The van der Waals surface area contributed by atoms with E-state index in [4.69, 9.17) is 0 Å². The van der Waals surface area contributed by atoms with Gasteiger partial charge in [0.1, 0.15) is 0 Å². The molecule has 0 unspecified atom stereocenters. The van der Waals surface area contributed by atoms with Gasteiger partial charge in [0, 0.05) is 37.1 Å². The molecule has 5 nitrogen and oxygen atoms in total. The highest BCUT2D eigenvalue weighted by atomic mass is 32.2. The van der Waals surface area contributed by atoms with Gasteiger partial charge in [0.2, 0.25) is 9.84 Å². The minimum absolute atomic E-state index is 0.301. The first-order chi connectivity index (χ1) is 11.0. The molecule has 0 spiro atoms. The summed E-state index contributed by atoms with van der Waals surface area (Å²) in [6.45, 7) is 1.55. The maximum absolute atomic E-state index is 12.9. The van der Waals surface area contributed by atoms with E-state index in [1.165, 1.54) is 0 Å². The average Bonchev–Trinajstić information content (AvgIpc) is 2.93. The van der Waals surface area contributed by atoms with Crippen LogP contribution < -0.4 is 0 Å². The second-order valence-electron chi connectivity index (χ2n) is 5.70. The van der Waals surface area contributed by atoms with E-state index in [0.29, 0.717) is 15.2 Å². The van der Waals surface area contributed by atoms with Gasteiger partial charge < -0.3 is 9.47 Å². The Morgan fingerprint density at radius 1 is 1.13 bits per heavy atom. The van der Waals surface area contributed by atoms with Crippen molar-refractivity contribution in [2.45, 2.75) is 16.3 Å². The van der Waals surface area contributed by atoms with Gasteiger partial charge >= 0.3 is 0 Å². The van der Waals surface area contributed by atoms with Crippen molar-refractivity contribution in [3.05, 3.63) is 55.0 Å². The zero-order valence-corrected chi connectivity index (χ0v) is 14.0. The molecule has 23 heavy (non-hydrogen) atoms. The summed E-state index contributed by atoms with van der Waals surface area (Å²) in [5.41, 5.74) is 0.886. The molecule has 2 aromatic heterocycles. The number of hydrogen-bond donors (Lipinski definition) is 0. The van der Waals surface area contributed by atoms with E-state index in [2.05, 4.69) is 9.88 Å². The van der Waals surface area contributed by atoms with Crippen molar-refractivity contribution in [3.63, 3.8) is 0 Å². The normalized spacial score (nSPS) is 12.1. The summed E-state index contributed by atoms with van der Waals surface area (Å²) in [6.07, 6.45) is 5.03. The molecular formula is C17H19N3O2S. The Morgan fingerprint density at radius 2 is 1.87 bits per heavy atom. The van der Waals surface area contributed by atoms with Crippen molar-refractivity contribution >= 4 is 20.7 Å². The molecule has 0 aliphatic rings. The Morgan fingerprint density at radius 3 is 2.57 bits per heavy atom. The smallest absolute Gasteiger partial charge is 0.208 e. The van der Waals surface area contributed by atoms with Crippen LogP contribution in [-0.4, -0.2) is 43.5 Å². The quantitative estimate of drug-likeness (QED) is 0.721. The number of fused-ring (bicyclic) bond motifs is 1. The van der Waals surface area contributed by atoms with E-state index in [9.17, 15) is 8.42 Å². The first-order valence-electron chi connectivity index (χ1n) is 7.38. The number of hydrogen-bond acceptors (Lipinski definition) is 4. The predicted molar refractivity (Wildman–Crippen MR) is 90.2 cm³/mol. The summed E-state index contributed by atoms with van der Waals surface area (Å²) in [7, 11) is 0.432. The summed E-state index contributed by atoms with van der Waals surface area (Å²) >= 11 is 0. The molecule has 0 amide bonds. The molecule has 0 radical (unpaired) electrons. The first kappa shape index (κ1) is 15.7. The standard InChI is InChI=1S/C17H19N3O2S/c1-19(2)10-11-20-13-17(15-12-18-9-8-16(15)20)23(21,22)14-6-4-3-5-7-14/h3-9,12-13H,10-11H2,1-2H3. The number of benzene rings is 1. The topological polar surface area (TPSA) is 55.2 Å². The molecule has 0 atom stereocenters. The summed E-state index contributed by atoms with van der Waals surface area (Å²) in [5, 5.41) is 0.662. The van der Waals surface area contributed by atoms with Gasteiger partial charge in [-0.05, 0) is 32.3 Å². The van der Waals surface area contributed by atoms with Gasteiger partial charge in [-0.15, -0.1) is 0 Å². The fourth-order valence-corrected chi connectivity index (χ4v) is 4.02. The molecule has 3 rings (SSSR count). The number of pyridine rings is 1. The van der Waals surface area contributed by atoms with E-state index in [-0.39, 0.29) is 0 Å². The zero-order chi connectivity index (χ0) is 16.4. The van der Waals surface area contributed by atoms with E-state index in [0.717, 1.165) is 18.6 Å². The maximum Gasteiger partial charge on any atom is 0.208 e. The van der Waals surface area contributed by atoms with Gasteiger partial charge in [-0.25, -0.2) is 8.42 Å². The van der Waals surface area contributed by atoms with Crippen LogP contribution in [-0.2, 0) is 16.4 Å². The Balaban J connectivity index is 2.15. The largest absolute Gasteiger partial charge is 0.345 e. The summed E-state index contributed by atoms with van der Waals surface area (Å²) in [4.78, 5) is 6.78. The Labute approximate surface area is 136 Å². The second kappa shape index (κ2) is 6.14. The van der Waals surface area contributed by atoms with Crippen molar-refractivity contribution < 1.29 is 8.42 Å². The zero-order valence-electron chi connectivity index (χ0n) is 13.2. The highest BCUT2D eigenvalue weighted by Gasteiger charge is 2.23. The number of rotatable bonds is 5. The predicted octanol–water partition coefficient (Wildman–Crippen LogP) is 2.43. The SMILES string of the molecule is CN(C)CCn1cc(S(=O)(=O)c2ccccc2)c2cnccc21. The minimum atomic E-state index is -3.56. The lowest BCUT2D eigenvalue weighted by molar-refractivity contribution is 0.386. The monoisotopic (exact) mass is 329 g/mol. The van der Waals surface area contributed by atoms with E-state index >= 15 is 0 Å². The van der Waals surface area contributed by atoms with Crippen LogP contribution in [0.3, 0.4) is 0 Å². The Kier molecular flexibility index (Phi) is 4.19. The minimum Gasteiger partial charge on any atom is -0.345 e. The molecule has 0 bridgehead atoms. The molecule has 0 fully saturated rings. The molecule has 0 N–H and O–H groups in total. The van der Waals surface area contributed by atoms with E-state index < -0.39 is 9.84 Å². The molecule has 0 saturated carbocycles. The maximum atomic E-state index is 12.9. The van der Waals surface area contributed by atoms with E-state index in [1.807, 2.05) is 24.7 Å². The number of sulfone groups is 1. The van der Waals surface area contributed by atoms with Gasteiger partial charge in [-0.1, -0.05) is 18.2 Å². The second-order valence-corrected chi connectivity index (χ2v) is 7.62. The highest BCUT2D eigenvalue weighted by Crippen LogP contribution is 2.29. The molecule has 0 aliphatic heterocycles. The fourth-order valence-electron chi connectivity index (χ4n) is 2.54. The summed E-state index contributed by atoms with van der Waals surface area (Å²) < 4.78 is 27.9. The van der Waals surface area contributed by atoms with Gasteiger partial charge in [-0.2, -0.15) is 0 Å². The van der Waals surface area contributed by atoms with Crippen molar-refractivity contribution in [2.24, 2.45) is 0 Å². The lowest BCUT2D eigenvalue weighted by Gasteiger charge is -2.10. The van der Waals surface area contributed by atoms with Crippen LogP contribution in [0.1, 0.15) is 0 Å². The van der Waals surface area contributed by atoms with Crippen LogP contribution in [0.5, 0.6) is 0 Å².